The number of hydrogen-bond acceptors (Lipinski definition) is 4. The quantitative estimate of drug-likeness (QED) is 0.767. The average Bonchev–Trinajstić information content (AvgIpc) is 3.00. The number of rotatable bonds is 3. The summed E-state index contributed by atoms with van der Waals surface area (Å²) >= 11 is -0.0391. The number of amides is 1. The van der Waals surface area contributed by atoms with Gasteiger partial charge in [-0.3, -0.25) is 4.90 Å². The first-order valence-electron chi connectivity index (χ1n) is 7.42. The van der Waals surface area contributed by atoms with Crippen LogP contribution in [0.25, 0.3) is 0 Å². The van der Waals surface area contributed by atoms with Gasteiger partial charge in [-0.05, 0) is 29.8 Å². The summed E-state index contributed by atoms with van der Waals surface area (Å²) < 4.78 is 43.6. The van der Waals surface area contributed by atoms with E-state index in [1.807, 2.05) is 0 Å². The molecule has 0 spiro atoms. The number of halogens is 3. The summed E-state index contributed by atoms with van der Waals surface area (Å²) in [4.78, 5) is 15.3. The highest BCUT2D eigenvalue weighted by Crippen LogP contribution is 2.61. The van der Waals surface area contributed by atoms with E-state index in [1.165, 1.54) is 12.0 Å². The number of para-hydroxylation sites is 1. The molecule has 130 valence electrons. The monoisotopic (exact) mass is 358 g/mol. The highest BCUT2D eigenvalue weighted by Gasteiger charge is 2.62. The van der Waals surface area contributed by atoms with E-state index in [2.05, 4.69) is 6.58 Å². The van der Waals surface area contributed by atoms with Crippen molar-refractivity contribution in [2.75, 3.05) is 25.1 Å². The summed E-state index contributed by atoms with van der Waals surface area (Å²) in [7, 11) is 1.24. The average molecular weight is 358 g/mol. The summed E-state index contributed by atoms with van der Waals surface area (Å²) in [6.45, 7) is 4.25. The maximum absolute atomic E-state index is 13.3. The Kier molecular flexibility index (Phi) is 4.19. The Hall–Kier alpha value is -1.83. The number of carbonyl (C=O) groups is 1. The summed E-state index contributed by atoms with van der Waals surface area (Å²) in [6, 6.07) is 7.01. The van der Waals surface area contributed by atoms with E-state index >= 15 is 0 Å². The molecule has 1 amide bonds. The first-order chi connectivity index (χ1) is 11.3. The van der Waals surface area contributed by atoms with E-state index in [1.54, 1.807) is 35.2 Å². The van der Waals surface area contributed by atoms with Crippen molar-refractivity contribution in [1.82, 2.24) is 4.90 Å². The molecule has 0 bridgehead atoms. The first-order valence-corrected chi connectivity index (χ1v) is 8.24. The number of hydrogen-bond donors (Lipinski definition) is 0. The lowest BCUT2D eigenvalue weighted by Gasteiger charge is -2.37. The Bertz CT molecular complexity index is 667. The molecule has 4 nitrogen and oxygen atoms in total. The van der Waals surface area contributed by atoms with Crippen LogP contribution >= 0.6 is 11.8 Å². The summed E-state index contributed by atoms with van der Waals surface area (Å²) in [5, 5.41) is 0. The second kappa shape index (κ2) is 5.91. The molecule has 0 unspecified atom stereocenters. The summed E-state index contributed by atoms with van der Waals surface area (Å²) in [5.41, 5.74) is -3.11. The molecule has 2 aliphatic heterocycles. The molecule has 2 atom stereocenters. The van der Waals surface area contributed by atoms with Crippen molar-refractivity contribution in [3.63, 3.8) is 0 Å². The minimum absolute atomic E-state index is 0.0391. The second-order valence-corrected chi connectivity index (χ2v) is 7.08. The molecule has 0 aliphatic carbocycles. The predicted octanol–water partition coefficient (Wildman–Crippen LogP) is 3.94. The Morgan fingerprint density at radius 1 is 1.50 bits per heavy atom. The van der Waals surface area contributed by atoms with Crippen LogP contribution in [0.15, 0.2) is 36.9 Å². The van der Waals surface area contributed by atoms with Gasteiger partial charge in [-0.15, -0.1) is 6.58 Å². The number of nitrogens with zero attached hydrogens (tertiary/aromatic N) is 2. The number of carbonyl (C=O) groups excluding carboxylic acids is 1. The SMILES string of the molecule is C=CCN1c2ccccc2[C@]2(SC(F)(F)F)CCN(C(=O)OC)[C@H]12. The number of likely N-dealkylation sites (tertiary alicyclic amines) is 1. The van der Waals surface area contributed by atoms with Gasteiger partial charge in [-0.1, -0.05) is 24.3 Å². The number of alkyl halides is 3. The molecule has 0 saturated carbocycles. The van der Waals surface area contributed by atoms with E-state index in [0.29, 0.717) is 17.8 Å². The van der Waals surface area contributed by atoms with Crippen molar-refractivity contribution in [3.05, 3.63) is 42.5 Å². The molecule has 8 heteroatoms. The fourth-order valence-electron chi connectivity index (χ4n) is 3.71. The molecular formula is C16H17F3N2O2S. The topological polar surface area (TPSA) is 32.8 Å². The van der Waals surface area contributed by atoms with E-state index in [9.17, 15) is 18.0 Å². The third kappa shape index (κ3) is 2.53. The molecule has 24 heavy (non-hydrogen) atoms. The standard InChI is InChI=1S/C16H17F3N2O2S/c1-3-9-20-12-7-5-4-6-11(12)15(24-16(17,18)19)8-10-21(13(15)20)14(22)23-2/h3-7,13H,1,8-10H2,2H3/t13-,15+/m0/s1. The molecule has 2 aliphatic rings. The number of benzene rings is 1. The molecule has 1 fully saturated rings. The summed E-state index contributed by atoms with van der Waals surface area (Å²) in [5.74, 6) is 0. The molecule has 0 radical (unpaired) electrons. The van der Waals surface area contributed by atoms with E-state index in [-0.39, 0.29) is 24.7 Å². The van der Waals surface area contributed by atoms with Gasteiger partial charge in [0.1, 0.15) is 6.17 Å². The zero-order valence-corrected chi connectivity index (χ0v) is 13.9. The highest BCUT2D eigenvalue weighted by molar-refractivity contribution is 8.01. The van der Waals surface area contributed by atoms with Gasteiger partial charge >= 0.3 is 11.6 Å². The number of thioether (sulfide) groups is 1. The normalized spacial score (nSPS) is 25.4. The molecule has 1 aromatic rings. The van der Waals surface area contributed by atoms with Gasteiger partial charge in [-0.25, -0.2) is 4.79 Å². The van der Waals surface area contributed by atoms with Gasteiger partial charge < -0.3 is 9.64 Å². The van der Waals surface area contributed by atoms with Crippen LogP contribution in [0.4, 0.5) is 23.7 Å². The minimum atomic E-state index is -4.42. The van der Waals surface area contributed by atoms with Crippen molar-refractivity contribution < 1.29 is 22.7 Å². The zero-order chi connectivity index (χ0) is 17.5. The molecule has 3 rings (SSSR count). The van der Waals surface area contributed by atoms with Crippen LogP contribution in [-0.2, 0) is 9.48 Å². The Balaban J connectivity index is 2.15. The number of ether oxygens (including phenoxy) is 1. The van der Waals surface area contributed by atoms with Crippen LogP contribution in [0.3, 0.4) is 0 Å². The zero-order valence-electron chi connectivity index (χ0n) is 13.0. The van der Waals surface area contributed by atoms with Crippen LogP contribution in [0.1, 0.15) is 12.0 Å². The Morgan fingerprint density at radius 3 is 2.83 bits per heavy atom. The lowest BCUT2D eigenvalue weighted by atomic mass is 9.97. The van der Waals surface area contributed by atoms with Crippen molar-refractivity contribution in [2.24, 2.45) is 0 Å². The largest absolute Gasteiger partial charge is 0.453 e. The fraction of sp³-hybridized carbons (Fsp3) is 0.438. The molecule has 1 saturated heterocycles. The van der Waals surface area contributed by atoms with Gasteiger partial charge in [0.25, 0.3) is 0 Å². The van der Waals surface area contributed by atoms with Crippen LogP contribution in [0.2, 0.25) is 0 Å². The van der Waals surface area contributed by atoms with Crippen molar-refractivity contribution in [1.29, 1.82) is 0 Å². The Labute approximate surface area is 142 Å². The van der Waals surface area contributed by atoms with E-state index in [4.69, 9.17) is 4.74 Å². The van der Waals surface area contributed by atoms with Crippen LogP contribution < -0.4 is 4.90 Å². The summed E-state index contributed by atoms with van der Waals surface area (Å²) in [6.07, 6.45) is 0.457. The lowest BCUT2D eigenvalue weighted by molar-refractivity contribution is -0.0347. The van der Waals surface area contributed by atoms with Crippen LogP contribution in [0.5, 0.6) is 0 Å². The number of anilines is 1. The van der Waals surface area contributed by atoms with Crippen molar-refractivity contribution >= 4 is 23.5 Å². The molecule has 1 aromatic carbocycles. The minimum Gasteiger partial charge on any atom is -0.453 e. The maximum Gasteiger partial charge on any atom is 0.442 e. The fourth-order valence-corrected chi connectivity index (χ4v) is 4.96. The van der Waals surface area contributed by atoms with Crippen molar-refractivity contribution in [3.8, 4) is 0 Å². The molecule has 0 aromatic heterocycles. The van der Waals surface area contributed by atoms with Gasteiger partial charge in [0.2, 0.25) is 0 Å². The second-order valence-electron chi connectivity index (χ2n) is 5.68. The number of methoxy groups -OCH3 is 1. The maximum atomic E-state index is 13.3. The molecular weight excluding hydrogens is 341 g/mol. The first kappa shape index (κ1) is 17.0. The molecule has 0 N–H and O–H groups in total. The molecule has 2 heterocycles. The Morgan fingerprint density at radius 2 is 2.21 bits per heavy atom. The van der Waals surface area contributed by atoms with Gasteiger partial charge in [-0.2, -0.15) is 13.2 Å². The van der Waals surface area contributed by atoms with Gasteiger partial charge in [0.05, 0.1) is 11.9 Å². The lowest BCUT2D eigenvalue weighted by Crippen LogP contribution is -2.51. The third-order valence-corrected chi connectivity index (χ3v) is 5.66. The van der Waals surface area contributed by atoms with E-state index in [0.717, 1.165) is 0 Å². The van der Waals surface area contributed by atoms with Gasteiger partial charge in [0.15, 0.2) is 0 Å². The third-order valence-electron chi connectivity index (χ3n) is 4.43. The van der Waals surface area contributed by atoms with Crippen LogP contribution in [0, 0.1) is 0 Å². The highest BCUT2D eigenvalue weighted by atomic mass is 32.2. The predicted molar refractivity (Wildman–Crippen MR) is 86.8 cm³/mol. The van der Waals surface area contributed by atoms with E-state index < -0.39 is 22.5 Å². The smallest absolute Gasteiger partial charge is 0.442 e. The van der Waals surface area contributed by atoms with Crippen molar-refractivity contribution in [2.45, 2.75) is 22.8 Å². The number of fused-ring (bicyclic) bond motifs is 3. The van der Waals surface area contributed by atoms with Crippen LogP contribution in [-0.4, -0.2) is 42.9 Å². The van der Waals surface area contributed by atoms with Gasteiger partial charge in [0, 0.05) is 18.8 Å².